The second kappa shape index (κ2) is 7.49. The van der Waals surface area contributed by atoms with Crippen molar-refractivity contribution in [2.75, 3.05) is 13.2 Å². The number of nitrogens with two attached hydrogens (primary N) is 1. The Morgan fingerprint density at radius 3 is 3.08 bits per heavy atom. The van der Waals surface area contributed by atoms with E-state index in [9.17, 15) is 4.79 Å². The quantitative estimate of drug-likeness (QED) is 0.840. The van der Waals surface area contributed by atoms with Crippen LogP contribution < -0.4 is 10.5 Å². The molecule has 1 aliphatic heterocycles. The van der Waals surface area contributed by atoms with Gasteiger partial charge in [0, 0.05) is 18.8 Å². The van der Waals surface area contributed by atoms with E-state index < -0.39 is 5.91 Å². The van der Waals surface area contributed by atoms with Crippen molar-refractivity contribution in [3.05, 3.63) is 47.8 Å². The van der Waals surface area contributed by atoms with Crippen LogP contribution in [0.25, 0.3) is 0 Å². The van der Waals surface area contributed by atoms with E-state index in [2.05, 4.69) is 29.2 Å². The van der Waals surface area contributed by atoms with Crippen molar-refractivity contribution in [3.8, 4) is 5.75 Å². The van der Waals surface area contributed by atoms with Crippen LogP contribution in [0.2, 0.25) is 0 Å². The van der Waals surface area contributed by atoms with E-state index in [0.29, 0.717) is 11.8 Å². The molecule has 0 aliphatic carbocycles. The number of aryl methyl sites for hydroxylation is 1. The van der Waals surface area contributed by atoms with Crippen molar-refractivity contribution >= 4 is 5.91 Å². The zero-order valence-corrected chi connectivity index (χ0v) is 14.0. The van der Waals surface area contributed by atoms with Crippen molar-refractivity contribution in [1.82, 2.24) is 14.7 Å². The number of benzene rings is 1. The van der Waals surface area contributed by atoms with Crippen LogP contribution in [0, 0.1) is 6.92 Å². The molecule has 0 saturated carbocycles. The van der Waals surface area contributed by atoms with Gasteiger partial charge in [0.2, 0.25) is 0 Å². The molecule has 1 amide bonds. The summed E-state index contributed by atoms with van der Waals surface area (Å²) in [6, 6.07) is 8.37. The van der Waals surface area contributed by atoms with E-state index in [1.54, 1.807) is 0 Å². The number of rotatable bonds is 7. The first-order valence-corrected chi connectivity index (χ1v) is 8.33. The number of likely N-dealkylation sites (tertiary alicyclic amines) is 1. The Morgan fingerprint density at radius 2 is 2.33 bits per heavy atom. The Balaban J connectivity index is 1.61. The van der Waals surface area contributed by atoms with E-state index in [0.717, 1.165) is 19.6 Å². The highest BCUT2D eigenvalue weighted by atomic mass is 16.5. The van der Waals surface area contributed by atoms with E-state index >= 15 is 0 Å². The Labute approximate surface area is 142 Å². The molecule has 128 valence electrons. The van der Waals surface area contributed by atoms with Crippen molar-refractivity contribution in [1.29, 1.82) is 0 Å². The van der Waals surface area contributed by atoms with Crippen molar-refractivity contribution in [2.24, 2.45) is 5.73 Å². The number of carbonyl (C=O) groups excluding carboxylic acids is 1. The summed E-state index contributed by atoms with van der Waals surface area (Å²) in [6.07, 6.45) is 6.40. The molecule has 1 unspecified atom stereocenters. The topological polar surface area (TPSA) is 73.4 Å². The van der Waals surface area contributed by atoms with Gasteiger partial charge in [0.1, 0.15) is 5.75 Å². The van der Waals surface area contributed by atoms with Gasteiger partial charge < -0.3 is 10.5 Å². The smallest absolute Gasteiger partial charge is 0.255 e. The molecule has 1 fully saturated rings. The van der Waals surface area contributed by atoms with Crippen LogP contribution in [0.4, 0.5) is 0 Å². The second-order valence-electron chi connectivity index (χ2n) is 6.41. The maximum absolute atomic E-state index is 10.8. The third-order valence-corrected chi connectivity index (χ3v) is 4.32. The summed E-state index contributed by atoms with van der Waals surface area (Å²) >= 11 is 0. The highest BCUT2D eigenvalue weighted by Gasteiger charge is 2.25. The number of hydrogen-bond acceptors (Lipinski definition) is 4. The minimum atomic E-state index is -0.463. The summed E-state index contributed by atoms with van der Waals surface area (Å²) in [5.74, 6) is 0.222. The Hall–Kier alpha value is -2.34. The van der Waals surface area contributed by atoms with Crippen LogP contribution in [-0.2, 0) is 17.9 Å². The molecule has 1 aromatic carbocycles. The monoisotopic (exact) mass is 328 g/mol. The van der Waals surface area contributed by atoms with Gasteiger partial charge in [-0.3, -0.25) is 14.4 Å². The normalized spacial score (nSPS) is 18.0. The van der Waals surface area contributed by atoms with Gasteiger partial charge in [0.05, 0.1) is 12.7 Å². The molecule has 1 atom stereocenters. The molecular formula is C18H24N4O2. The SMILES string of the molecule is Cc1cnn(CC2CCCN2Cc2cccc(OCC(N)=O)c2)c1. The molecule has 6 nitrogen and oxygen atoms in total. The molecule has 1 saturated heterocycles. The standard InChI is InChI=1S/C18H24N4O2/c1-14-9-20-22(10-14)12-16-5-3-7-21(16)11-15-4-2-6-17(8-15)24-13-18(19)23/h2,4,6,8-10,16H,3,5,7,11-13H2,1H3,(H2,19,23). The van der Waals surface area contributed by atoms with E-state index in [1.165, 1.54) is 24.0 Å². The van der Waals surface area contributed by atoms with Crippen LogP contribution in [0.15, 0.2) is 36.7 Å². The number of primary amides is 1. The highest BCUT2D eigenvalue weighted by molar-refractivity contribution is 5.75. The van der Waals surface area contributed by atoms with Gasteiger partial charge in [-0.2, -0.15) is 5.10 Å². The first-order valence-electron chi connectivity index (χ1n) is 8.33. The summed E-state index contributed by atoms with van der Waals surface area (Å²) in [7, 11) is 0. The molecule has 2 N–H and O–H groups in total. The average molecular weight is 328 g/mol. The van der Waals surface area contributed by atoms with Gasteiger partial charge in [-0.25, -0.2) is 0 Å². The van der Waals surface area contributed by atoms with Crippen LogP contribution >= 0.6 is 0 Å². The minimum Gasteiger partial charge on any atom is -0.484 e. The molecule has 1 aromatic heterocycles. The molecule has 0 spiro atoms. The van der Waals surface area contributed by atoms with Gasteiger partial charge in [0.15, 0.2) is 6.61 Å². The summed E-state index contributed by atoms with van der Waals surface area (Å²) in [6.45, 7) is 4.86. The lowest BCUT2D eigenvalue weighted by molar-refractivity contribution is -0.119. The molecule has 3 rings (SSSR count). The van der Waals surface area contributed by atoms with Crippen LogP contribution in [0.3, 0.4) is 0 Å². The van der Waals surface area contributed by atoms with Gasteiger partial charge >= 0.3 is 0 Å². The minimum absolute atomic E-state index is 0.0888. The molecule has 0 bridgehead atoms. The molecule has 6 heteroatoms. The highest BCUT2D eigenvalue weighted by Crippen LogP contribution is 2.23. The van der Waals surface area contributed by atoms with Crippen molar-refractivity contribution in [2.45, 2.75) is 38.9 Å². The Morgan fingerprint density at radius 1 is 1.46 bits per heavy atom. The van der Waals surface area contributed by atoms with E-state index in [4.69, 9.17) is 10.5 Å². The van der Waals surface area contributed by atoms with Crippen LogP contribution in [-0.4, -0.2) is 39.8 Å². The van der Waals surface area contributed by atoms with Crippen molar-refractivity contribution < 1.29 is 9.53 Å². The lowest BCUT2D eigenvalue weighted by Crippen LogP contribution is -2.32. The fourth-order valence-corrected chi connectivity index (χ4v) is 3.22. The number of carbonyl (C=O) groups is 1. The fourth-order valence-electron chi connectivity index (χ4n) is 3.22. The molecule has 2 heterocycles. The number of aromatic nitrogens is 2. The predicted octanol–water partition coefficient (Wildman–Crippen LogP) is 1.72. The number of nitrogens with zero attached hydrogens (tertiary/aromatic N) is 3. The van der Waals surface area contributed by atoms with Gasteiger partial charge in [-0.05, 0) is 49.6 Å². The summed E-state index contributed by atoms with van der Waals surface area (Å²) < 4.78 is 7.42. The largest absolute Gasteiger partial charge is 0.484 e. The van der Waals surface area contributed by atoms with Gasteiger partial charge in [-0.1, -0.05) is 12.1 Å². The number of hydrogen-bond donors (Lipinski definition) is 1. The lowest BCUT2D eigenvalue weighted by Gasteiger charge is -2.24. The van der Waals surface area contributed by atoms with Gasteiger partial charge in [-0.15, -0.1) is 0 Å². The number of ether oxygens (including phenoxy) is 1. The summed E-state index contributed by atoms with van der Waals surface area (Å²) in [5.41, 5.74) is 7.50. The lowest BCUT2D eigenvalue weighted by atomic mass is 10.1. The first-order chi connectivity index (χ1) is 11.6. The fraction of sp³-hybridized carbons (Fsp3) is 0.444. The van der Waals surface area contributed by atoms with E-state index in [-0.39, 0.29) is 6.61 Å². The van der Waals surface area contributed by atoms with Crippen LogP contribution in [0.5, 0.6) is 5.75 Å². The summed E-state index contributed by atoms with van der Waals surface area (Å²) in [4.78, 5) is 13.3. The van der Waals surface area contributed by atoms with E-state index in [1.807, 2.05) is 29.1 Å². The average Bonchev–Trinajstić information content (AvgIpc) is 3.15. The van der Waals surface area contributed by atoms with Crippen LogP contribution in [0.1, 0.15) is 24.0 Å². The zero-order valence-electron chi connectivity index (χ0n) is 14.0. The Kier molecular flexibility index (Phi) is 5.15. The molecule has 1 aliphatic rings. The molecular weight excluding hydrogens is 304 g/mol. The van der Waals surface area contributed by atoms with Gasteiger partial charge in [0.25, 0.3) is 5.91 Å². The maximum Gasteiger partial charge on any atom is 0.255 e. The molecule has 2 aromatic rings. The second-order valence-corrected chi connectivity index (χ2v) is 6.41. The Bertz CT molecular complexity index is 698. The maximum atomic E-state index is 10.8. The first kappa shape index (κ1) is 16.5. The third kappa shape index (κ3) is 4.35. The zero-order chi connectivity index (χ0) is 16.9. The number of amides is 1. The predicted molar refractivity (Wildman–Crippen MR) is 91.5 cm³/mol. The van der Waals surface area contributed by atoms with Crippen molar-refractivity contribution in [3.63, 3.8) is 0 Å². The summed E-state index contributed by atoms with van der Waals surface area (Å²) in [5, 5.41) is 4.40. The molecule has 0 radical (unpaired) electrons. The molecule has 24 heavy (non-hydrogen) atoms. The third-order valence-electron chi connectivity index (χ3n) is 4.32.